The number of carbonyl (C=O) groups excluding carboxylic acids is 1. The highest BCUT2D eigenvalue weighted by atomic mass is 35.5. The van der Waals surface area contributed by atoms with Crippen molar-refractivity contribution >= 4 is 17.5 Å². The SMILES string of the molecule is CC(C)(C)C1CCc2onc(C(=O)N3CCN(Cc4cccc(Cl)c4)CC3)c2C1. The van der Waals surface area contributed by atoms with Crippen molar-refractivity contribution in [2.24, 2.45) is 11.3 Å². The maximum absolute atomic E-state index is 13.2. The van der Waals surface area contributed by atoms with Crippen LogP contribution in [0.15, 0.2) is 28.8 Å². The summed E-state index contributed by atoms with van der Waals surface area (Å²) in [5.41, 5.74) is 3.01. The van der Waals surface area contributed by atoms with Gasteiger partial charge in [-0.3, -0.25) is 9.69 Å². The van der Waals surface area contributed by atoms with Gasteiger partial charge in [0.15, 0.2) is 5.69 Å². The number of benzene rings is 1. The molecule has 1 aliphatic carbocycles. The van der Waals surface area contributed by atoms with Gasteiger partial charge in [0.1, 0.15) is 5.76 Å². The van der Waals surface area contributed by atoms with Gasteiger partial charge in [-0.15, -0.1) is 0 Å². The Morgan fingerprint density at radius 2 is 2.00 bits per heavy atom. The molecule has 6 heteroatoms. The number of carbonyl (C=O) groups is 1. The lowest BCUT2D eigenvalue weighted by Crippen LogP contribution is -2.48. The van der Waals surface area contributed by atoms with Crippen LogP contribution in [0.4, 0.5) is 0 Å². The van der Waals surface area contributed by atoms with E-state index < -0.39 is 0 Å². The lowest BCUT2D eigenvalue weighted by Gasteiger charge is -2.35. The molecule has 5 nitrogen and oxygen atoms in total. The van der Waals surface area contributed by atoms with Gasteiger partial charge in [-0.05, 0) is 41.9 Å². The van der Waals surface area contributed by atoms with Crippen LogP contribution in [0, 0.1) is 11.3 Å². The zero-order valence-corrected chi connectivity index (χ0v) is 18.3. The minimum atomic E-state index is 0.0203. The molecule has 0 saturated carbocycles. The smallest absolute Gasteiger partial charge is 0.276 e. The summed E-state index contributed by atoms with van der Waals surface area (Å²) in [6.07, 6.45) is 2.87. The Morgan fingerprint density at radius 3 is 2.69 bits per heavy atom. The molecule has 0 N–H and O–H groups in total. The van der Waals surface area contributed by atoms with Gasteiger partial charge in [0, 0.05) is 49.7 Å². The first-order chi connectivity index (χ1) is 13.8. The van der Waals surface area contributed by atoms with E-state index in [0.29, 0.717) is 24.7 Å². The van der Waals surface area contributed by atoms with Crippen molar-refractivity contribution in [2.45, 2.75) is 46.6 Å². The van der Waals surface area contributed by atoms with Crippen LogP contribution < -0.4 is 0 Å². The first-order valence-electron chi connectivity index (χ1n) is 10.5. The quantitative estimate of drug-likeness (QED) is 0.743. The molecule has 1 fully saturated rings. The lowest BCUT2D eigenvalue weighted by atomic mass is 9.71. The van der Waals surface area contributed by atoms with E-state index in [2.05, 4.69) is 36.9 Å². The predicted octanol–water partition coefficient (Wildman–Crippen LogP) is 4.44. The summed E-state index contributed by atoms with van der Waals surface area (Å²) in [4.78, 5) is 17.5. The maximum atomic E-state index is 13.2. The number of nitrogens with zero attached hydrogens (tertiary/aromatic N) is 3. The summed E-state index contributed by atoms with van der Waals surface area (Å²) in [6, 6.07) is 7.98. The molecule has 1 saturated heterocycles. The van der Waals surface area contributed by atoms with Crippen LogP contribution in [-0.4, -0.2) is 47.0 Å². The van der Waals surface area contributed by atoms with Crippen molar-refractivity contribution in [1.82, 2.24) is 15.0 Å². The zero-order chi connectivity index (χ0) is 20.6. The largest absolute Gasteiger partial charge is 0.360 e. The molecule has 0 bridgehead atoms. The molecule has 156 valence electrons. The molecule has 2 aromatic rings. The molecule has 29 heavy (non-hydrogen) atoms. The molecule has 1 aromatic heterocycles. The first kappa shape index (κ1) is 20.4. The molecule has 1 atom stereocenters. The number of aromatic nitrogens is 1. The third kappa shape index (κ3) is 4.51. The Morgan fingerprint density at radius 1 is 1.24 bits per heavy atom. The van der Waals surface area contributed by atoms with Gasteiger partial charge in [0.25, 0.3) is 5.91 Å². The molecule has 0 radical (unpaired) electrons. The van der Waals surface area contributed by atoms with E-state index in [9.17, 15) is 4.79 Å². The third-order valence-corrected chi connectivity index (χ3v) is 6.66. The molecule has 1 aromatic carbocycles. The van der Waals surface area contributed by atoms with Gasteiger partial charge >= 0.3 is 0 Å². The Balaban J connectivity index is 1.39. The first-order valence-corrected chi connectivity index (χ1v) is 10.9. The van der Waals surface area contributed by atoms with Crippen molar-refractivity contribution in [1.29, 1.82) is 0 Å². The highest BCUT2D eigenvalue weighted by molar-refractivity contribution is 6.30. The number of piperazine rings is 1. The van der Waals surface area contributed by atoms with Gasteiger partial charge in [0.05, 0.1) is 0 Å². The monoisotopic (exact) mass is 415 g/mol. The van der Waals surface area contributed by atoms with Crippen molar-refractivity contribution in [3.8, 4) is 0 Å². The topological polar surface area (TPSA) is 49.6 Å². The normalized spacial score (nSPS) is 20.6. The van der Waals surface area contributed by atoms with Crippen LogP contribution in [0.1, 0.15) is 54.6 Å². The maximum Gasteiger partial charge on any atom is 0.276 e. The fourth-order valence-electron chi connectivity index (χ4n) is 4.46. The number of amides is 1. The van der Waals surface area contributed by atoms with E-state index in [4.69, 9.17) is 16.1 Å². The predicted molar refractivity (Wildman–Crippen MR) is 114 cm³/mol. The summed E-state index contributed by atoms with van der Waals surface area (Å²) in [5, 5.41) is 4.96. The Kier molecular flexibility index (Phi) is 5.71. The second kappa shape index (κ2) is 8.11. The van der Waals surface area contributed by atoms with Crippen LogP contribution in [0.2, 0.25) is 5.02 Å². The van der Waals surface area contributed by atoms with Crippen molar-refractivity contribution in [2.75, 3.05) is 26.2 Å². The Labute approximate surface area is 178 Å². The van der Waals surface area contributed by atoms with Gasteiger partial charge in [-0.1, -0.05) is 49.7 Å². The molecule has 0 spiro atoms. The summed E-state index contributed by atoms with van der Waals surface area (Å²) in [5.74, 6) is 1.48. The summed E-state index contributed by atoms with van der Waals surface area (Å²) in [7, 11) is 0. The second-order valence-corrected chi connectivity index (χ2v) is 9.87. The minimum Gasteiger partial charge on any atom is -0.360 e. The minimum absolute atomic E-state index is 0.0203. The molecule has 2 aliphatic rings. The molecular formula is C23H30ClN3O2. The highest BCUT2D eigenvalue weighted by Crippen LogP contribution is 2.38. The molecule has 1 amide bonds. The number of aryl methyl sites for hydroxylation is 1. The average molecular weight is 416 g/mol. The zero-order valence-electron chi connectivity index (χ0n) is 17.6. The summed E-state index contributed by atoms with van der Waals surface area (Å²) >= 11 is 6.09. The molecule has 1 unspecified atom stereocenters. The molecular weight excluding hydrogens is 386 g/mol. The van der Waals surface area contributed by atoms with Crippen molar-refractivity contribution in [3.05, 3.63) is 51.9 Å². The number of hydrogen-bond acceptors (Lipinski definition) is 4. The van der Waals surface area contributed by atoms with Crippen LogP contribution in [0.5, 0.6) is 0 Å². The number of halogens is 1. The van der Waals surface area contributed by atoms with Crippen LogP contribution in [-0.2, 0) is 19.4 Å². The Bertz CT molecular complexity index is 878. The highest BCUT2D eigenvalue weighted by Gasteiger charge is 2.35. The number of hydrogen-bond donors (Lipinski definition) is 0. The van der Waals surface area contributed by atoms with Gasteiger partial charge in [-0.25, -0.2) is 0 Å². The van der Waals surface area contributed by atoms with E-state index in [1.54, 1.807) is 0 Å². The third-order valence-electron chi connectivity index (χ3n) is 6.42. The average Bonchev–Trinajstić information content (AvgIpc) is 3.11. The van der Waals surface area contributed by atoms with Crippen molar-refractivity contribution in [3.63, 3.8) is 0 Å². The van der Waals surface area contributed by atoms with Crippen LogP contribution >= 0.6 is 11.6 Å². The van der Waals surface area contributed by atoms with Gasteiger partial charge < -0.3 is 9.42 Å². The van der Waals surface area contributed by atoms with E-state index >= 15 is 0 Å². The number of rotatable bonds is 3. The van der Waals surface area contributed by atoms with Crippen molar-refractivity contribution < 1.29 is 9.32 Å². The lowest BCUT2D eigenvalue weighted by molar-refractivity contribution is 0.0617. The second-order valence-electron chi connectivity index (χ2n) is 9.44. The summed E-state index contributed by atoms with van der Waals surface area (Å²) < 4.78 is 5.55. The molecule has 1 aliphatic heterocycles. The fraction of sp³-hybridized carbons (Fsp3) is 0.565. The summed E-state index contributed by atoms with van der Waals surface area (Å²) in [6.45, 7) is 10.8. The van der Waals surface area contributed by atoms with Crippen LogP contribution in [0.3, 0.4) is 0 Å². The number of fused-ring (bicyclic) bond motifs is 1. The van der Waals surface area contributed by atoms with Crippen LogP contribution in [0.25, 0.3) is 0 Å². The van der Waals surface area contributed by atoms with E-state index in [1.165, 1.54) is 5.56 Å². The van der Waals surface area contributed by atoms with E-state index in [-0.39, 0.29) is 11.3 Å². The molecule has 4 rings (SSSR count). The van der Waals surface area contributed by atoms with E-state index in [0.717, 1.165) is 55.2 Å². The van der Waals surface area contributed by atoms with E-state index in [1.807, 2.05) is 23.1 Å². The van der Waals surface area contributed by atoms with Gasteiger partial charge in [-0.2, -0.15) is 0 Å². The fourth-order valence-corrected chi connectivity index (χ4v) is 4.68. The standard InChI is InChI=1S/C23H30ClN3O2/c1-23(2,3)17-7-8-20-19(14-17)21(25-29-20)22(28)27-11-9-26(10-12-27)15-16-5-4-6-18(24)13-16/h4-6,13,17H,7-12,14-15H2,1-3H3. The molecule has 2 heterocycles. The van der Waals surface area contributed by atoms with Gasteiger partial charge in [0.2, 0.25) is 0 Å². The Hall–Kier alpha value is -1.85.